The van der Waals surface area contributed by atoms with Gasteiger partial charge in [0.1, 0.15) is 6.10 Å². The van der Waals surface area contributed by atoms with Gasteiger partial charge in [0.2, 0.25) is 0 Å². The number of carbonyl (C=O) groups is 2. The highest BCUT2D eigenvalue weighted by molar-refractivity contribution is 5.66. The van der Waals surface area contributed by atoms with Gasteiger partial charge in [-0.25, -0.2) is 0 Å². The Balaban J connectivity index is 1.76. The molecule has 0 spiro atoms. The molecule has 0 saturated heterocycles. The smallest absolute Gasteiger partial charge is 0.303 e. The second-order valence-electron chi connectivity index (χ2n) is 9.27. The van der Waals surface area contributed by atoms with Crippen LogP contribution in [0.4, 0.5) is 0 Å². The van der Waals surface area contributed by atoms with Gasteiger partial charge in [-0.15, -0.1) is 0 Å². The van der Waals surface area contributed by atoms with Crippen molar-refractivity contribution in [1.29, 1.82) is 0 Å². The Morgan fingerprint density at radius 2 is 1.66 bits per heavy atom. The van der Waals surface area contributed by atoms with Crippen LogP contribution in [0.2, 0.25) is 0 Å². The Labute approximate surface area is 208 Å². The SMILES string of the molecule is CC(=O)O[C@H]1C[C@@H](OCc2ccccc2)[C@@H](CC=CCCCC(=O)O)[C@@H]1N(C)Cc1ccccc1. The number of carbonyl (C=O) groups excluding carboxylic acids is 1. The number of carboxylic acid groups (broad SMARTS) is 1. The van der Waals surface area contributed by atoms with E-state index in [0.717, 1.165) is 24.9 Å². The van der Waals surface area contributed by atoms with Gasteiger partial charge in [-0.1, -0.05) is 72.8 Å². The molecule has 0 unspecified atom stereocenters. The number of nitrogens with zero attached hydrogens (tertiary/aromatic N) is 1. The number of esters is 1. The third kappa shape index (κ3) is 8.64. The molecule has 6 heteroatoms. The number of allylic oxidation sites excluding steroid dienone is 2. The number of carboxylic acids is 1. The van der Waals surface area contributed by atoms with Crippen molar-refractivity contribution >= 4 is 11.9 Å². The first-order valence-corrected chi connectivity index (χ1v) is 12.4. The number of hydrogen-bond donors (Lipinski definition) is 1. The van der Waals surface area contributed by atoms with Gasteiger partial charge >= 0.3 is 11.9 Å². The zero-order valence-electron chi connectivity index (χ0n) is 20.7. The molecule has 1 saturated carbocycles. The lowest BCUT2D eigenvalue weighted by Gasteiger charge is -2.34. The molecule has 188 valence electrons. The van der Waals surface area contributed by atoms with E-state index in [1.165, 1.54) is 12.5 Å². The fourth-order valence-corrected chi connectivity index (χ4v) is 4.96. The number of ether oxygens (including phenoxy) is 2. The lowest BCUT2D eigenvalue weighted by molar-refractivity contribution is -0.149. The van der Waals surface area contributed by atoms with E-state index in [2.05, 4.69) is 48.4 Å². The monoisotopic (exact) mass is 479 g/mol. The lowest BCUT2D eigenvalue weighted by atomic mass is 9.94. The van der Waals surface area contributed by atoms with Crippen LogP contribution in [0.1, 0.15) is 50.2 Å². The van der Waals surface area contributed by atoms with Crippen molar-refractivity contribution < 1.29 is 24.2 Å². The van der Waals surface area contributed by atoms with Crippen molar-refractivity contribution in [2.75, 3.05) is 7.05 Å². The predicted octanol–water partition coefficient (Wildman–Crippen LogP) is 5.23. The number of likely N-dealkylation sites (N-methyl/N-ethyl adjacent to an activating group) is 1. The molecule has 0 heterocycles. The number of benzene rings is 2. The summed E-state index contributed by atoms with van der Waals surface area (Å²) in [4.78, 5) is 25.0. The summed E-state index contributed by atoms with van der Waals surface area (Å²) >= 11 is 0. The minimum atomic E-state index is -0.768. The molecule has 1 aliphatic carbocycles. The molecule has 2 aromatic carbocycles. The third-order valence-electron chi connectivity index (χ3n) is 6.51. The maximum Gasteiger partial charge on any atom is 0.303 e. The van der Waals surface area contributed by atoms with Gasteiger partial charge in [-0.2, -0.15) is 0 Å². The quantitative estimate of drug-likeness (QED) is 0.241. The normalized spacial score (nSPS) is 22.0. The van der Waals surface area contributed by atoms with Gasteiger partial charge in [0.05, 0.1) is 18.8 Å². The third-order valence-corrected chi connectivity index (χ3v) is 6.51. The molecular formula is C29H37NO5. The van der Waals surface area contributed by atoms with Gasteiger partial charge in [0, 0.05) is 32.2 Å². The molecule has 1 fully saturated rings. The molecule has 2 aromatic rings. The van der Waals surface area contributed by atoms with Crippen molar-refractivity contribution in [2.24, 2.45) is 5.92 Å². The molecule has 3 rings (SSSR count). The zero-order valence-corrected chi connectivity index (χ0v) is 20.7. The molecule has 1 aliphatic rings. The van der Waals surface area contributed by atoms with Crippen molar-refractivity contribution in [2.45, 2.75) is 70.4 Å². The van der Waals surface area contributed by atoms with E-state index in [9.17, 15) is 9.59 Å². The van der Waals surface area contributed by atoms with Crippen LogP contribution in [0.5, 0.6) is 0 Å². The van der Waals surface area contributed by atoms with Crippen LogP contribution in [0.3, 0.4) is 0 Å². The van der Waals surface area contributed by atoms with Crippen LogP contribution in [0.25, 0.3) is 0 Å². The molecule has 6 nitrogen and oxygen atoms in total. The largest absolute Gasteiger partial charge is 0.481 e. The first kappa shape index (κ1) is 26.6. The summed E-state index contributed by atoms with van der Waals surface area (Å²) in [5, 5.41) is 8.86. The van der Waals surface area contributed by atoms with Gasteiger partial charge in [-0.05, 0) is 37.4 Å². The summed E-state index contributed by atoms with van der Waals surface area (Å²) in [5.41, 5.74) is 2.31. The van der Waals surface area contributed by atoms with Crippen LogP contribution >= 0.6 is 0 Å². The summed E-state index contributed by atoms with van der Waals surface area (Å²) in [7, 11) is 2.08. The van der Waals surface area contributed by atoms with Crippen molar-refractivity contribution in [1.82, 2.24) is 4.90 Å². The average molecular weight is 480 g/mol. The van der Waals surface area contributed by atoms with E-state index in [4.69, 9.17) is 14.6 Å². The molecule has 0 radical (unpaired) electrons. The van der Waals surface area contributed by atoms with Gasteiger partial charge in [-0.3, -0.25) is 14.5 Å². The first-order chi connectivity index (χ1) is 16.9. The first-order valence-electron chi connectivity index (χ1n) is 12.4. The lowest BCUT2D eigenvalue weighted by Crippen LogP contribution is -2.44. The van der Waals surface area contributed by atoms with Crippen molar-refractivity contribution in [3.8, 4) is 0 Å². The van der Waals surface area contributed by atoms with Gasteiger partial charge in [0.15, 0.2) is 0 Å². The Morgan fingerprint density at radius 3 is 2.29 bits per heavy atom. The highest BCUT2D eigenvalue weighted by atomic mass is 16.5. The second-order valence-corrected chi connectivity index (χ2v) is 9.27. The molecule has 1 N–H and O–H groups in total. The minimum Gasteiger partial charge on any atom is -0.481 e. The summed E-state index contributed by atoms with van der Waals surface area (Å²) in [6.07, 6.45) is 6.81. The number of aliphatic carboxylic acids is 1. The fraction of sp³-hybridized carbons (Fsp3) is 0.448. The molecule has 0 aromatic heterocycles. The van der Waals surface area contributed by atoms with Crippen molar-refractivity contribution in [3.63, 3.8) is 0 Å². The molecule has 0 bridgehead atoms. The topological polar surface area (TPSA) is 76.1 Å². The summed E-state index contributed by atoms with van der Waals surface area (Å²) in [6.45, 7) is 2.71. The Bertz CT molecular complexity index is 946. The van der Waals surface area contributed by atoms with Gasteiger partial charge < -0.3 is 14.6 Å². The van der Waals surface area contributed by atoms with Gasteiger partial charge in [0.25, 0.3) is 0 Å². The second kappa shape index (κ2) is 13.8. The number of unbranched alkanes of at least 4 members (excludes halogenated alkanes) is 1. The zero-order chi connectivity index (χ0) is 25.0. The molecule has 4 atom stereocenters. The van der Waals surface area contributed by atoms with E-state index in [0.29, 0.717) is 19.4 Å². The van der Waals surface area contributed by atoms with Crippen LogP contribution in [0, 0.1) is 5.92 Å². The molecular weight excluding hydrogens is 442 g/mol. The highest BCUT2D eigenvalue weighted by Gasteiger charge is 2.47. The fourth-order valence-electron chi connectivity index (χ4n) is 4.96. The Morgan fingerprint density at radius 1 is 1.00 bits per heavy atom. The van der Waals surface area contributed by atoms with E-state index in [1.54, 1.807) is 0 Å². The van der Waals surface area contributed by atoms with E-state index >= 15 is 0 Å². The maximum atomic E-state index is 12.0. The number of hydrogen-bond acceptors (Lipinski definition) is 5. The minimum absolute atomic E-state index is 0.00329. The van der Waals surface area contributed by atoms with Crippen molar-refractivity contribution in [3.05, 3.63) is 83.9 Å². The van der Waals surface area contributed by atoms with E-state index < -0.39 is 5.97 Å². The van der Waals surface area contributed by atoms with Crippen LogP contribution < -0.4 is 0 Å². The average Bonchev–Trinajstić information content (AvgIpc) is 3.17. The summed E-state index contributed by atoms with van der Waals surface area (Å²) < 4.78 is 12.2. The maximum absolute atomic E-state index is 12.0. The van der Waals surface area contributed by atoms with Crippen LogP contribution in [0.15, 0.2) is 72.8 Å². The van der Waals surface area contributed by atoms with E-state index in [-0.39, 0.29) is 36.6 Å². The molecule has 0 aliphatic heterocycles. The molecule has 0 amide bonds. The van der Waals surface area contributed by atoms with E-state index in [1.807, 2.05) is 36.4 Å². The highest BCUT2D eigenvalue weighted by Crippen LogP contribution is 2.38. The molecule has 35 heavy (non-hydrogen) atoms. The number of rotatable bonds is 13. The summed E-state index contributed by atoms with van der Waals surface area (Å²) in [6, 6.07) is 20.4. The van der Waals surface area contributed by atoms with Crippen LogP contribution in [-0.4, -0.2) is 47.2 Å². The predicted molar refractivity (Wildman–Crippen MR) is 136 cm³/mol. The van der Waals surface area contributed by atoms with Crippen LogP contribution in [-0.2, 0) is 32.2 Å². The summed E-state index contributed by atoms with van der Waals surface area (Å²) in [5.74, 6) is -0.914. The standard InChI is InChI=1S/C29H37NO5/c1-22(31)35-27-19-26(34-21-24-15-9-6-10-16-24)25(17-11-3-4-12-18-28(32)33)29(27)30(2)20-23-13-7-5-8-14-23/h3,5-11,13-16,25-27,29H,4,12,17-21H2,1-2H3,(H,32,33)/t25-,26-,27+,29+/m1/s1. The Kier molecular flexibility index (Phi) is 10.5. The Hall–Kier alpha value is -2.96.